The Kier molecular flexibility index (Phi) is 3.54. The van der Waals surface area contributed by atoms with Crippen molar-refractivity contribution in [1.29, 1.82) is 0 Å². The van der Waals surface area contributed by atoms with Gasteiger partial charge in [-0.2, -0.15) is 0 Å². The molecule has 3 heterocycles. The minimum atomic E-state index is 0.234. The van der Waals surface area contributed by atoms with Crippen LogP contribution in [0.2, 0.25) is 5.15 Å². The van der Waals surface area contributed by atoms with E-state index in [0.29, 0.717) is 29.0 Å². The highest BCUT2D eigenvalue weighted by Gasteiger charge is 2.31. The summed E-state index contributed by atoms with van der Waals surface area (Å²) in [4.78, 5) is 13.8. The fraction of sp³-hybridized carbons (Fsp3) is 0.421. The summed E-state index contributed by atoms with van der Waals surface area (Å²) in [7, 11) is 0. The molecule has 1 saturated carbocycles. The van der Waals surface area contributed by atoms with Crippen molar-refractivity contribution in [2.45, 2.75) is 38.1 Å². The lowest BCUT2D eigenvalue weighted by molar-refractivity contribution is 0.187. The molecule has 1 aliphatic carbocycles. The second-order valence-corrected chi connectivity index (χ2v) is 7.28. The van der Waals surface area contributed by atoms with Crippen molar-refractivity contribution in [1.82, 2.24) is 19.5 Å². The molecule has 0 N–H and O–H groups in total. The van der Waals surface area contributed by atoms with Gasteiger partial charge in [-0.3, -0.25) is 0 Å². The predicted molar refractivity (Wildman–Crippen MR) is 97.0 cm³/mol. The molecule has 0 spiro atoms. The average Bonchev–Trinajstić information content (AvgIpc) is 3.17. The van der Waals surface area contributed by atoms with Crippen molar-refractivity contribution in [2.24, 2.45) is 0 Å². The number of imidazole rings is 1. The van der Waals surface area contributed by atoms with Gasteiger partial charge in [-0.15, -0.1) is 0 Å². The summed E-state index contributed by atoms with van der Waals surface area (Å²) in [5, 5.41) is 0.422. The van der Waals surface area contributed by atoms with Crippen LogP contribution >= 0.6 is 11.6 Å². The molecule has 0 amide bonds. The third kappa shape index (κ3) is 2.53. The molecule has 2 fully saturated rings. The number of aryl methyl sites for hydroxylation is 1. The summed E-state index contributed by atoms with van der Waals surface area (Å²) in [5.74, 6) is 2.25. The molecule has 0 unspecified atom stereocenters. The SMILES string of the molecule is Cc1nc(Cl)c2nc(-c3ccccc3C3CC3)n([C@@H]3CCOC3)c2n1. The molecule has 1 saturated heterocycles. The summed E-state index contributed by atoms with van der Waals surface area (Å²) in [6.07, 6.45) is 3.47. The Hall–Kier alpha value is -1.98. The molecule has 6 heteroatoms. The highest BCUT2D eigenvalue weighted by atomic mass is 35.5. The van der Waals surface area contributed by atoms with E-state index in [9.17, 15) is 0 Å². The van der Waals surface area contributed by atoms with Gasteiger partial charge in [0.1, 0.15) is 17.2 Å². The lowest BCUT2D eigenvalue weighted by Crippen LogP contribution is -2.12. The van der Waals surface area contributed by atoms with E-state index in [4.69, 9.17) is 21.3 Å². The van der Waals surface area contributed by atoms with Crippen LogP contribution in [0.25, 0.3) is 22.6 Å². The number of benzene rings is 1. The Morgan fingerprint density at radius 1 is 1.12 bits per heavy atom. The highest BCUT2D eigenvalue weighted by Crippen LogP contribution is 2.45. The zero-order valence-electron chi connectivity index (χ0n) is 14.1. The van der Waals surface area contributed by atoms with Gasteiger partial charge in [0.2, 0.25) is 0 Å². The summed E-state index contributed by atoms with van der Waals surface area (Å²) in [5.41, 5.74) is 4.05. The normalized spacial score (nSPS) is 20.5. The smallest absolute Gasteiger partial charge is 0.165 e. The van der Waals surface area contributed by atoms with Crippen LogP contribution < -0.4 is 0 Å². The maximum Gasteiger partial charge on any atom is 0.165 e. The molecule has 25 heavy (non-hydrogen) atoms. The quantitative estimate of drug-likeness (QED) is 0.658. The van der Waals surface area contributed by atoms with E-state index in [1.165, 1.54) is 24.0 Å². The highest BCUT2D eigenvalue weighted by molar-refractivity contribution is 6.33. The van der Waals surface area contributed by atoms with Gasteiger partial charge in [-0.1, -0.05) is 35.9 Å². The van der Waals surface area contributed by atoms with E-state index in [1.807, 2.05) is 6.92 Å². The first-order chi connectivity index (χ1) is 12.2. The van der Waals surface area contributed by atoms with Crippen LogP contribution in [-0.4, -0.2) is 32.7 Å². The first-order valence-electron chi connectivity index (χ1n) is 8.81. The van der Waals surface area contributed by atoms with Gasteiger partial charge in [0, 0.05) is 12.2 Å². The summed E-state index contributed by atoms with van der Waals surface area (Å²) >= 11 is 6.40. The molecule has 5 nitrogen and oxygen atoms in total. The lowest BCUT2D eigenvalue weighted by Gasteiger charge is -2.16. The first kappa shape index (κ1) is 15.3. The fourth-order valence-corrected chi connectivity index (χ4v) is 4.00. The lowest BCUT2D eigenvalue weighted by atomic mass is 10.0. The van der Waals surface area contributed by atoms with Gasteiger partial charge in [0.25, 0.3) is 0 Å². The maximum absolute atomic E-state index is 6.40. The van der Waals surface area contributed by atoms with Gasteiger partial charge < -0.3 is 9.30 Å². The zero-order chi connectivity index (χ0) is 17.0. The van der Waals surface area contributed by atoms with E-state index in [1.54, 1.807) is 0 Å². The second-order valence-electron chi connectivity index (χ2n) is 6.92. The molecule has 2 aromatic heterocycles. The molecule has 3 aromatic rings. The van der Waals surface area contributed by atoms with Gasteiger partial charge in [-0.05, 0) is 37.7 Å². The number of rotatable bonds is 3. The van der Waals surface area contributed by atoms with E-state index in [-0.39, 0.29) is 6.04 Å². The first-order valence-corrected chi connectivity index (χ1v) is 9.19. The number of hydrogen-bond donors (Lipinski definition) is 0. The number of ether oxygens (including phenoxy) is 1. The van der Waals surface area contributed by atoms with Crippen LogP contribution in [0.4, 0.5) is 0 Å². The largest absolute Gasteiger partial charge is 0.379 e. The number of hydrogen-bond acceptors (Lipinski definition) is 4. The number of aromatic nitrogens is 4. The van der Waals surface area contributed by atoms with Crippen molar-refractivity contribution >= 4 is 22.8 Å². The second kappa shape index (κ2) is 5.78. The molecule has 1 atom stereocenters. The number of fused-ring (bicyclic) bond motifs is 1. The molecule has 0 radical (unpaired) electrons. The fourth-order valence-electron chi connectivity index (χ4n) is 3.76. The summed E-state index contributed by atoms with van der Waals surface area (Å²) in [6, 6.07) is 8.81. The maximum atomic E-state index is 6.40. The minimum absolute atomic E-state index is 0.234. The van der Waals surface area contributed by atoms with Crippen LogP contribution in [0.1, 0.15) is 42.6 Å². The molecule has 2 aliphatic rings. The van der Waals surface area contributed by atoms with Crippen molar-refractivity contribution in [3.05, 3.63) is 40.8 Å². The number of halogens is 1. The van der Waals surface area contributed by atoms with E-state index in [0.717, 1.165) is 24.5 Å². The van der Waals surface area contributed by atoms with Crippen molar-refractivity contribution < 1.29 is 4.74 Å². The predicted octanol–water partition coefficient (Wildman–Crippen LogP) is 4.29. The average molecular weight is 355 g/mol. The van der Waals surface area contributed by atoms with Crippen LogP contribution in [0.5, 0.6) is 0 Å². The molecular formula is C19H19ClN4O. The van der Waals surface area contributed by atoms with Crippen molar-refractivity contribution in [3.63, 3.8) is 0 Å². The Labute approximate surface area is 151 Å². The van der Waals surface area contributed by atoms with Crippen molar-refractivity contribution in [3.8, 4) is 11.4 Å². The Balaban J connectivity index is 1.80. The standard InChI is InChI=1S/C19H19ClN4O/c1-11-21-17(20)16-19(22-11)24(13-8-9-25-10-13)18(23-16)15-5-3-2-4-14(15)12-6-7-12/h2-5,12-13H,6-10H2,1H3/t13-/m1/s1. The van der Waals surface area contributed by atoms with Gasteiger partial charge in [0.05, 0.1) is 12.6 Å². The zero-order valence-corrected chi connectivity index (χ0v) is 14.8. The third-order valence-corrected chi connectivity index (χ3v) is 5.36. The molecule has 1 aliphatic heterocycles. The van der Waals surface area contributed by atoms with E-state index in [2.05, 4.69) is 38.8 Å². The van der Waals surface area contributed by atoms with Crippen molar-refractivity contribution in [2.75, 3.05) is 13.2 Å². The van der Waals surface area contributed by atoms with Gasteiger partial charge in [0.15, 0.2) is 10.8 Å². The Morgan fingerprint density at radius 3 is 2.72 bits per heavy atom. The third-order valence-electron chi connectivity index (χ3n) is 5.10. The van der Waals surface area contributed by atoms with Crippen LogP contribution in [0, 0.1) is 6.92 Å². The molecule has 0 bridgehead atoms. The molecular weight excluding hydrogens is 336 g/mol. The Bertz CT molecular complexity index is 957. The van der Waals surface area contributed by atoms with E-state index >= 15 is 0 Å². The van der Waals surface area contributed by atoms with E-state index < -0.39 is 0 Å². The van der Waals surface area contributed by atoms with Crippen LogP contribution in [-0.2, 0) is 4.74 Å². The van der Waals surface area contributed by atoms with Crippen LogP contribution in [0.3, 0.4) is 0 Å². The monoisotopic (exact) mass is 354 g/mol. The minimum Gasteiger partial charge on any atom is -0.379 e. The molecule has 5 rings (SSSR count). The molecule has 128 valence electrons. The van der Waals surface area contributed by atoms with Gasteiger partial charge >= 0.3 is 0 Å². The summed E-state index contributed by atoms with van der Waals surface area (Å²) < 4.78 is 7.87. The summed E-state index contributed by atoms with van der Waals surface area (Å²) in [6.45, 7) is 3.32. The van der Waals surface area contributed by atoms with Gasteiger partial charge in [-0.25, -0.2) is 15.0 Å². The van der Waals surface area contributed by atoms with Crippen LogP contribution in [0.15, 0.2) is 24.3 Å². The molecule has 1 aromatic carbocycles. The number of nitrogens with zero attached hydrogens (tertiary/aromatic N) is 4. The topological polar surface area (TPSA) is 52.8 Å². The Morgan fingerprint density at radius 2 is 1.96 bits per heavy atom.